The second kappa shape index (κ2) is 6.05. The number of anilines is 2. The lowest BCUT2D eigenvalue weighted by atomic mass is 10.1. The Bertz CT molecular complexity index is 694. The van der Waals surface area contributed by atoms with E-state index in [0.717, 1.165) is 33.9 Å². The van der Waals surface area contributed by atoms with E-state index >= 15 is 0 Å². The van der Waals surface area contributed by atoms with Crippen LogP contribution in [0.4, 0.5) is 16.2 Å². The van der Waals surface area contributed by atoms with E-state index in [0.29, 0.717) is 5.25 Å². The van der Waals surface area contributed by atoms with Crippen LogP contribution in [-0.2, 0) is 0 Å². The molecule has 1 aliphatic rings. The number of rotatable bonds is 1. The van der Waals surface area contributed by atoms with Crippen LogP contribution in [0.15, 0.2) is 47.4 Å². The van der Waals surface area contributed by atoms with Crippen molar-refractivity contribution in [3.05, 3.63) is 53.6 Å². The Kier molecular flexibility index (Phi) is 4.12. The van der Waals surface area contributed by atoms with Crippen molar-refractivity contribution in [1.82, 2.24) is 0 Å². The molecule has 0 saturated carbocycles. The monoisotopic (exact) mass is 312 g/mol. The largest absolute Gasteiger partial charge is 0.326 e. The fourth-order valence-electron chi connectivity index (χ4n) is 2.82. The minimum absolute atomic E-state index is 0.0652. The van der Waals surface area contributed by atoms with E-state index in [-0.39, 0.29) is 6.03 Å². The maximum Gasteiger partial charge on any atom is 0.326 e. The highest BCUT2D eigenvalue weighted by Gasteiger charge is 2.26. The highest BCUT2D eigenvalue weighted by molar-refractivity contribution is 8.00. The van der Waals surface area contributed by atoms with E-state index in [1.807, 2.05) is 60.8 Å². The third-order valence-corrected chi connectivity index (χ3v) is 4.79. The smallest absolute Gasteiger partial charge is 0.308 e. The molecule has 1 unspecified atom stereocenters. The molecular weight excluding hydrogens is 292 g/mol. The number of para-hydroxylation sites is 1. The van der Waals surface area contributed by atoms with Gasteiger partial charge in [0.15, 0.2) is 0 Å². The van der Waals surface area contributed by atoms with Crippen LogP contribution in [0.3, 0.4) is 0 Å². The first-order valence-electron chi connectivity index (χ1n) is 7.45. The van der Waals surface area contributed by atoms with Gasteiger partial charge in [0.25, 0.3) is 0 Å². The van der Waals surface area contributed by atoms with Gasteiger partial charge in [-0.3, -0.25) is 4.90 Å². The molecule has 0 aliphatic carbocycles. The number of hydrogen-bond donors (Lipinski definition) is 1. The first-order valence-corrected chi connectivity index (χ1v) is 8.33. The van der Waals surface area contributed by atoms with Crippen molar-refractivity contribution in [1.29, 1.82) is 0 Å². The van der Waals surface area contributed by atoms with Gasteiger partial charge in [-0.1, -0.05) is 25.1 Å². The Morgan fingerprint density at radius 2 is 1.86 bits per heavy atom. The molecule has 1 N–H and O–H groups in total. The van der Waals surface area contributed by atoms with Crippen LogP contribution in [0.25, 0.3) is 0 Å². The average Bonchev–Trinajstić information content (AvgIpc) is 2.45. The van der Waals surface area contributed by atoms with E-state index < -0.39 is 0 Å². The van der Waals surface area contributed by atoms with Crippen LogP contribution >= 0.6 is 11.8 Å². The summed E-state index contributed by atoms with van der Waals surface area (Å²) in [6, 6.07) is 14.1. The number of urea groups is 1. The van der Waals surface area contributed by atoms with Crippen LogP contribution in [0.2, 0.25) is 0 Å². The molecule has 1 atom stereocenters. The van der Waals surface area contributed by atoms with Crippen molar-refractivity contribution in [2.24, 2.45) is 0 Å². The molecule has 0 fully saturated rings. The van der Waals surface area contributed by atoms with Crippen LogP contribution in [0.1, 0.15) is 18.1 Å². The second-order valence-electron chi connectivity index (χ2n) is 5.81. The first kappa shape index (κ1) is 15.0. The van der Waals surface area contributed by atoms with E-state index in [4.69, 9.17) is 0 Å². The van der Waals surface area contributed by atoms with Crippen molar-refractivity contribution in [3.8, 4) is 0 Å². The van der Waals surface area contributed by atoms with Gasteiger partial charge in [0.1, 0.15) is 0 Å². The van der Waals surface area contributed by atoms with Gasteiger partial charge in [0.2, 0.25) is 0 Å². The Balaban J connectivity index is 1.86. The van der Waals surface area contributed by atoms with Gasteiger partial charge < -0.3 is 5.32 Å². The van der Waals surface area contributed by atoms with Crippen molar-refractivity contribution in [3.63, 3.8) is 0 Å². The van der Waals surface area contributed by atoms with Crippen molar-refractivity contribution >= 4 is 29.2 Å². The van der Waals surface area contributed by atoms with Crippen LogP contribution < -0.4 is 10.2 Å². The first-order chi connectivity index (χ1) is 10.5. The number of nitrogens with one attached hydrogen (secondary N) is 1. The molecule has 3 nitrogen and oxygen atoms in total. The summed E-state index contributed by atoms with van der Waals surface area (Å²) >= 11 is 1.82. The number of benzene rings is 2. The summed E-state index contributed by atoms with van der Waals surface area (Å²) in [6.45, 7) is 6.95. The van der Waals surface area contributed by atoms with Gasteiger partial charge in [0.05, 0.1) is 5.69 Å². The molecule has 2 aromatic rings. The summed E-state index contributed by atoms with van der Waals surface area (Å²) in [5, 5.41) is 3.42. The molecular formula is C18H20N2OS. The Labute approximate surface area is 135 Å². The SMILES string of the molecule is Cc1cc(C)cc(NC(=O)N2CC(C)Sc3ccccc32)c1. The molecule has 114 valence electrons. The molecule has 0 spiro atoms. The maximum atomic E-state index is 12.7. The lowest BCUT2D eigenvalue weighted by Gasteiger charge is -2.32. The van der Waals surface area contributed by atoms with Gasteiger partial charge in [-0.2, -0.15) is 0 Å². The number of fused-ring (bicyclic) bond motifs is 1. The molecule has 3 rings (SSSR count). The summed E-state index contributed by atoms with van der Waals surface area (Å²) in [5.41, 5.74) is 4.15. The average molecular weight is 312 g/mol. The molecule has 2 aromatic carbocycles. The Morgan fingerprint density at radius 3 is 2.59 bits per heavy atom. The molecule has 1 heterocycles. The van der Waals surface area contributed by atoms with Crippen molar-refractivity contribution in [2.75, 3.05) is 16.8 Å². The third-order valence-electron chi connectivity index (χ3n) is 3.64. The van der Waals surface area contributed by atoms with E-state index in [1.54, 1.807) is 0 Å². The van der Waals surface area contributed by atoms with Gasteiger partial charge in [-0.15, -0.1) is 11.8 Å². The Morgan fingerprint density at radius 1 is 1.18 bits per heavy atom. The molecule has 1 aliphatic heterocycles. The molecule has 0 aromatic heterocycles. The number of carbonyl (C=O) groups is 1. The molecule has 4 heteroatoms. The quantitative estimate of drug-likeness (QED) is 0.817. The summed E-state index contributed by atoms with van der Waals surface area (Å²) < 4.78 is 0. The lowest BCUT2D eigenvalue weighted by molar-refractivity contribution is 0.256. The van der Waals surface area contributed by atoms with Crippen LogP contribution in [0, 0.1) is 13.8 Å². The van der Waals surface area contributed by atoms with Gasteiger partial charge >= 0.3 is 6.03 Å². The molecule has 22 heavy (non-hydrogen) atoms. The third kappa shape index (κ3) is 3.12. The van der Waals surface area contributed by atoms with E-state index in [9.17, 15) is 4.79 Å². The highest BCUT2D eigenvalue weighted by Crippen LogP contribution is 2.38. The molecule has 0 radical (unpaired) electrons. The molecule has 2 amide bonds. The number of hydrogen-bond acceptors (Lipinski definition) is 2. The topological polar surface area (TPSA) is 32.3 Å². The predicted molar refractivity (Wildman–Crippen MR) is 94.0 cm³/mol. The number of amides is 2. The fourth-order valence-corrected chi connectivity index (χ4v) is 3.93. The number of thioether (sulfide) groups is 1. The van der Waals surface area contributed by atoms with Crippen LogP contribution in [-0.4, -0.2) is 17.8 Å². The second-order valence-corrected chi connectivity index (χ2v) is 7.29. The van der Waals surface area contributed by atoms with E-state index in [2.05, 4.69) is 24.4 Å². The van der Waals surface area contributed by atoms with Gasteiger partial charge in [-0.25, -0.2) is 4.79 Å². The zero-order valence-corrected chi connectivity index (χ0v) is 13.9. The minimum atomic E-state index is -0.0652. The summed E-state index contributed by atoms with van der Waals surface area (Å²) in [4.78, 5) is 15.7. The molecule has 0 saturated heterocycles. The van der Waals surface area contributed by atoms with Gasteiger partial charge in [-0.05, 0) is 49.2 Å². The molecule has 0 bridgehead atoms. The maximum absolute atomic E-state index is 12.7. The number of nitrogens with zero attached hydrogens (tertiary/aromatic N) is 1. The zero-order chi connectivity index (χ0) is 15.7. The predicted octanol–water partition coefficient (Wildman–Crippen LogP) is 4.84. The minimum Gasteiger partial charge on any atom is -0.308 e. The summed E-state index contributed by atoms with van der Waals surface area (Å²) in [5.74, 6) is 0. The van der Waals surface area contributed by atoms with E-state index in [1.165, 1.54) is 0 Å². The van der Waals surface area contributed by atoms with Crippen molar-refractivity contribution in [2.45, 2.75) is 30.9 Å². The Hall–Kier alpha value is -1.94. The fraction of sp³-hybridized carbons (Fsp3) is 0.278. The van der Waals surface area contributed by atoms with Crippen molar-refractivity contribution < 1.29 is 4.79 Å². The number of aryl methyl sites for hydroxylation is 2. The van der Waals surface area contributed by atoms with Crippen LogP contribution in [0.5, 0.6) is 0 Å². The normalized spacial score (nSPS) is 17.0. The standard InChI is InChI=1S/C18H20N2OS/c1-12-8-13(2)10-15(9-12)19-18(21)20-11-14(3)22-17-7-5-4-6-16(17)20/h4-10,14H,11H2,1-3H3,(H,19,21). The summed E-state index contributed by atoms with van der Waals surface area (Å²) in [6.07, 6.45) is 0. The van der Waals surface area contributed by atoms with Gasteiger partial charge in [0, 0.05) is 22.4 Å². The highest BCUT2D eigenvalue weighted by atomic mass is 32.2. The summed E-state index contributed by atoms with van der Waals surface area (Å²) in [7, 11) is 0. The zero-order valence-electron chi connectivity index (χ0n) is 13.1. The lowest BCUT2D eigenvalue weighted by Crippen LogP contribution is -2.41. The number of carbonyl (C=O) groups excluding carboxylic acids is 1.